The molecule has 21 heavy (non-hydrogen) atoms. The molecule has 1 aromatic rings. The summed E-state index contributed by atoms with van der Waals surface area (Å²) in [5, 5.41) is 3.48. The van der Waals surface area contributed by atoms with Gasteiger partial charge in [0.2, 0.25) is 0 Å². The molecule has 0 amide bonds. The number of methoxy groups -OCH3 is 2. The molecule has 0 aliphatic rings. The molecule has 0 bridgehead atoms. The zero-order valence-electron chi connectivity index (χ0n) is 13.7. The zero-order chi connectivity index (χ0) is 15.7. The molecule has 0 saturated carbocycles. The summed E-state index contributed by atoms with van der Waals surface area (Å²) in [7, 11) is 3.38. The van der Waals surface area contributed by atoms with Gasteiger partial charge in [-0.25, -0.2) is 0 Å². The van der Waals surface area contributed by atoms with Crippen LogP contribution in [0.1, 0.15) is 38.7 Å². The molecule has 0 atom stereocenters. The number of hydrogen-bond acceptors (Lipinski definition) is 3. The maximum atomic E-state index is 5.47. The number of benzene rings is 1. The molecule has 0 aliphatic heterocycles. The van der Waals surface area contributed by atoms with E-state index in [1.807, 2.05) is 12.1 Å². The van der Waals surface area contributed by atoms with Gasteiger partial charge in [0.1, 0.15) is 11.5 Å². The Balaban J connectivity index is 2.38. The molecule has 0 spiro atoms. The molecule has 1 aromatic carbocycles. The van der Waals surface area contributed by atoms with E-state index in [1.165, 1.54) is 24.8 Å². The standard InChI is InChI=1S/C17H28BrNO2/c1-13(2)12-19-9-7-5-6-8-15-16(18)10-14(20-3)11-17(15)21-4/h10-11,13,19H,5-9,12H2,1-4H3. The van der Waals surface area contributed by atoms with Gasteiger partial charge in [0.15, 0.2) is 0 Å². The Morgan fingerprint density at radius 1 is 1.10 bits per heavy atom. The van der Waals surface area contributed by atoms with Crippen molar-refractivity contribution in [2.75, 3.05) is 27.3 Å². The van der Waals surface area contributed by atoms with E-state index in [4.69, 9.17) is 9.47 Å². The van der Waals surface area contributed by atoms with Gasteiger partial charge in [-0.2, -0.15) is 0 Å². The molecule has 3 nitrogen and oxygen atoms in total. The molecular formula is C17H28BrNO2. The highest BCUT2D eigenvalue weighted by atomic mass is 79.9. The highest BCUT2D eigenvalue weighted by molar-refractivity contribution is 9.10. The molecule has 120 valence electrons. The zero-order valence-corrected chi connectivity index (χ0v) is 15.3. The van der Waals surface area contributed by atoms with Gasteiger partial charge in [0.05, 0.1) is 14.2 Å². The van der Waals surface area contributed by atoms with Gasteiger partial charge in [0.25, 0.3) is 0 Å². The first kappa shape index (κ1) is 18.3. The Bertz CT molecular complexity index is 421. The van der Waals surface area contributed by atoms with Crippen molar-refractivity contribution in [2.45, 2.75) is 39.5 Å². The molecule has 4 heteroatoms. The summed E-state index contributed by atoms with van der Waals surface area (Å²) in [6, 6.07) is 3.95. The highest BCUT2D eigenvalue weighted by Crippen LogP contribution is 2.33. The van der Waals surface area contributed by atoms with Crippen LogP contribution in [0.15, 0.2) is 16.6 Å². The van der Waals surface area contributed by atoms with Crippen molar-refractivity contribution in [3.8, 4) is 11.5 Å². The lowest BCUT2D eigenvalue weighted by molar-refractivity contribution is 0.389. The van der Waals surface area contributed by atoms with Crippen molar-refractivity contribution in [3.05, 3.63) is 22.2 Å². The van der Waals surface area contributed by atoms with E-state index >= 15 is 0 Å². The largest absolute Gasteiger partial charge is 0.497 e. The molecule has 0 aliphatic carbocycles. The first-order valence-corrected chi connectivity index (χ1v) is 8.49. The van der Waals surface area contributed by atoms with E-state index in [1.54, 1.807) is 14.2 Å². The molecule has 0 radical (unpaired) electrons. The van der Waals surface area contributed by atoms with E-state index in [0.29, 0.717) is 0 Å². The number of nitrogens with one attached hydrogen (secondary N) is 1. The van der Waals surface area contributed by atoms with Crippen molar-refractivity contribution in [2.24, 2.45) is 5.92 Å². The van der Waals surface area contributed by atoms with Gasteiger partial charge < -0.3 is 14.8 Å². The summed E-state index contributed by atoms with van der Waals surface area (Å²) in [6.07, 6.45) is 4.65. The van der Waals surface area contributed by atoms with Crippen LogP contribution in [0.2, 0.25) is 0 Å². The lowest BCUT2D eigenvalue weighted by atomic mass is 10.1. The van der Waals surface area contributed by atoms with Crippen molar-refractivity contribution in [3.63, 3.8) is 0 Å². The Morgan fingerprint density at radius 3 is 2.48 bits per heavy atom. The highest BCUT2D eigenvalue weighted by Gasteiger charge is 2.10. The molecule has 1 N–H and O–H groups in total. The first-order valence-electron chi connectivity index (χ1n) is 7.69. The number of ether oxygens (including phenoxy) is 2. The van der Waals surface area contributed by atoms with Crippen molar-refractivity contribution in [1.29, 1.82) is 0 Å². The van der Waals surface area contributed by atoms with Gasteiger partial charge in [0, 0.05) is 16.1 Å². The van der Waals surface area contributed by atoms with Crippen LogP contribution in [-0.2, 0) is 6.42 Å². The Hall–Kier alpha value is -0.740. The summed E-state index contributed by atoms with van der Waals surface area (Å²) in [5.74, 6) is 2.45. The minimum Gasteiger partial charge on any atom is -0.497 e. The predicted molar refractivity (Wildman–Crippen MR) is 92.5 cm³/mol. The smallest absolute Gasteiger partial charge is 0.126 e. The van der Waals surface area contributed by atoms with Gasteiger partial charge >= 0.3 is 0 Å². The quantitative estimate of drug-likeness (QED) is 0.628. The first-order chi connectivity index (χ1) is 10.1. The van der Waals surface area contributed by atoms with Crippen molar-refractivity contribution < 1.29 is 9.47 Å². The summed E-state index contributed by atoms with van der Waals surface area (Å²) in [6.45, 7) is 6.69. The van der Waals surface area contributed by atoms with Crippen LogP contribution in [0, 0.1) is 5.92 Å². The second kappa shape index (κ2) is 10.1. The maximum absolute atomic E-state index is 5.47. The Labute approximate surface area is 137 Å². The molecule has 0 aromatic heterocycles. The molecule has 0 fully saturated rings. The third kappa shape index (κ3) is 6.70. The predicted octanol–water partition coefficient (Wildman–Crippen LogP) is 4.42. The average molecular weight is 358 g/mol. The van der Waals surface area contributed by atoms with Crippen LogP contribution in [0.25, 0.3) is 0 Å². The van der Waals surface area contributed by atoms with Crippen LogP contribution in [0.4, 0.5) is 0 Å². The summed E-state index contributed by atoms with van der Waals surface area (Å²) in [5.41, 5.74) is 1.23. The summed E-state index contributed by atoms with van der Waals surface area (Å²) >= 11 is 3.62. The number of unbranched alkanes of at least 4 members (excludes halogenated alkanes) is 2. The molecule has 0 unspecified atom stereocenters. The fourth-order valence-corrected chi connectivity index (χ4v) is 2.87. The molecular weight excluding hydrogens is 330 g/mol. The van der Waals surface area contributed by atoms with Gasteiger partial charge in [-0.15, -0.1) is 0 Å². The van der Waals surface area contributed by atoms with E-state index < -0.39 is 0 Å². The fraction of sp³-hybridized carbons (Fsp3) is 0.647. The number of rotatable bonds is 10. The van der Waals surface area contributed by atoms with Crippen LogP contribution in [0.5, 0.6) is 11.5 Å². The van der Waals surface area contributed by atoms with Crippen molar-refractivity contribution in [1.82, 2.24) is 5.32 Å². The van der Waals surface area contributed by atoms with Crippen LogP contribution >= 0.6 is 15.9 Å². The van der Waals surface area contributed by atoms with E-state index in [0.717, 1.165) is 41.4 Å². The third-order valence-electron chi connectivity index (χ3n) is 3.42. The number of halogens is 1. The lowest BCUT2D eigenvalue weighted by Crippen LogP contribution is -2.20. The van der Waals surface area contributed by atoms with Crippen molar-refractivity contribution >= 4 is 15.9 Å². The lowest BCUT2D eigenvalue weighted by Gasteiger charge is -2.13. The summed E-state index contributed by atoms with van der Waals surface area (Å²) in [4.78, 5) is 0. The SMILES string of the molecule is COc1cc(Br)c(CCCCCNCC(C)C)c(OC)c1. The van der Waals surface area contributed by atoms with Crippen LogP contribution in [0.3, 0.4) is 0 Å². The van der Waals surface area contributed by atoms with Crippen LogP contribution < -0.4 is 14.8 Å². The van der Waals surface area contributed by atoms with E-state index in [-0.39, 0.29) is 0 Å². The minimum atomic E-state index is 0.726. The average Bonchev–Trinajstić information content (AvgIpc) is 2.46. The topological polar surface area (TPSA) is 30.5 Å². The second-order valence-electron chi connectivity index (χ2n) is 5.70. The van der Waals surface area contributed by atoms with Gasteiger partial charge in [-0.3, -0.25) is 0 Å². The number of hydrogen-bond donors (Lipinski definition) is 1. The fourth-order valence-electron chi connectivity index (χ4n) is 2.25. The van der Waals surface area contributed by atoms with Gasteiger partial charge in [-0.05, 0) is 44.3 Å². The molecule has 1 rings (SSSR count). The maximum Gasteiger partial charge on any atom is 0.126 e. The summed E-state index contributed by atoms with van der Waals surface area (Å²) < 4.78 is 11.8. The van der Waals surface area contributed by atoms with Gasteiger partial charge in [-0.1, -0.05) is 36.2 Å². The normalized spacial score (nSPS) is 11.0. The van der Waals surface area contributed by atoms with E-state index in [9.17, 15) is 0 Å². The van der Waals surface area contributed by atoms with Crippen LogP contribution in [-0.4, -0.2) is 27.3 Å². The second-order valence-corrected chi connectivity index (χ2v) is 6.55. The Kier molecular flexibility index (Phi) is 8.77. The Morgan fingerprint density at radius 2 is 1.86 bits per heavy atom. The minimum absolute atomic E-state index is 0.726. The third-order valence-corrected chi connectivity index (χ3v) is 4.12. The van der Waals surface area contributed by atoms with E-state index in [2.05, 4.69) is 35.1 Å². The monoisotopic (exact) mass is 357 g/mol. The molecule has 0 heterocycles. The molecule has 0 saturated heterocycles.